The zero-order chi connectivity index (χ0) is 18.1. The van der Waals surface area contributed by atoms with Gasteiger partial charge in [0.25, 0.3) is 5.91 Å². The van der Waals surface area contributed by atoms with Crippen LogP contribution in [0.1, 0.15) is 6.99 Å². The van der Waals surface area contributed by atoms with Gasteiger partial charge < -0.3 is 6.74 Å². The number of para-hydroxylation sites is 1. The summed E-state index contributed by atoms with van der Waals surface area (Å²) in [5.74, 6) is -0.205. The summed E-state index contributed by atoms with van der Waals surface area (Å²) in [5, 5.41) is 5.06. The van der Waals surface area contributed by atoms with Crippen molar-refractivity contribution in [2.45, 2.75) is 0 Å². The third kappa shape index (κ3) is 4.57. The zero-order valence-electron chi connectivity index (χ0n) is 15.2. The van der Waals surface area contributed by atoms with Gasteiger partial charge in [-0.15, -0.1) is 0 Å². The molecule has 0 unspecified atom stereocenters. The van der Waals surface area contributed by atoms with Crippen molar-refractivity contribution in [2.75, 3.05) is 0 Å². The first-order valence-corrected chi connectivity index (χ1v) is 9.26. The Bertz CT molecular complexity index is 1090. The number of aliphatic imine (C=N–C) groups is 1. The van der Waals surface area contributed by atoms with E-state index in [-0.39, 0.29) is 36.9 Å². The van der Waals surface area contributed by atoms with E-state index in [4.69, 9.17) is 23.2 Å². The largest absolute Gasteiger partial charge is 1.00 e. The van der Waals surface area contributed by atoms with Gasteiger partial charge in [-0.2, -0.15) is 0 Å². The molecule has 0 saturated carbocycles. The molecule has 1 fully saturated rings. The normalized spacial score (nSPS) is 16.6. The number of carbonyl (C=O) groups is 1. The van der Waals surface area contributed by atoms with Crippen LogP contribution in [0.3, 0.4) is 0 Å². The van der Waals surface area contributed by atoms with E-state index in [1.807, 2.05) is 36.4 Å². The molecule has 0 radical (unpaired) electrons. The minimum Gasteiger partial charge on any atom is -1.00 e. The number of nitrogens with one attached hydrogen (secondary N) is 1. The minimum atomic E-state index is -0.205. The molecule has 4 rings (SSSR count). The first kappa shape index (κ1) is 20.4. The summed E-state index contributed by atoms with van der Waals surface area (Å²) < 4.78 is 0. The Hall–Kier alpha value is -1.34. The molecule has 1 N–H and O–H groups in total. The van der Waals surface area contributed by atoms with Crippen molar-refractivity contribution in [3.63, 3.8) is 0 Å². The average Bonchev–Trinajstić information content (AvgIpc) is 2.97. The Kier molecular flexibility index (Phi) is 6.63. The fourth-order valence-corrected chi connectivity index (χ4v) is 3.82. The van der Waals surface area contributed by atoms with Crippen molar-refractivity contribution in [3.8, 4) is 0 Å². The van der Waals surface area contributed by atoms with E-state index in [0.29, 0.717) is 25.8 Å². The zero-order valence-corrected chi connectivity index (χ0v) is 18.6. The Morgan fingerprint density at radius 2 is 1.89 bits per heavy atom. The molecule has 130 valence electrons. The Morgan fingerprint density at radius 1 is 1.11 bits per heavy atom. The van der Waals surface area contributed by atoms with Crippen molar-refractivity contribution < 1.29 is 35.8 Å². The molecule has 0 spiro atoms. The van der Waals surface area contributed by atoms with Crippen LogP contribution in [0.2, 0.25) is 10.0 Å². The first-order valence-electron chi connectivity index (χ1n) is 7.68. The van der Waals surface area contributed by atoms with Crippen LogP contribution < -0.4 is 34.9 Å². The maximum atomic E-state index is 12.3. The molecule has 3 aromatic rings. The number of benzene rings is 2. The van der Waals surface area contributed by atoms with Crippen molar-refractivity contribution in [3.05, 3.63) is 75.2 Å². The second kappa shape index (κ2) is 8.78. The van der Waals surface area contributed by atoms with Crippen LogP contribution in [0, 0.1) is 0 Å². The van der Waals surface area contributed by atoms with E-state index in [9.17, 15) is 4.79 Å². The molecule has 2 heterocycles. The van der Waals surface area contributed by atoms with E-state index < -0.39 is 0 Å². The van der Waals surface area contributed by atoms with Crippen LogP contribution >= 0.6 is 35.0 Å². The molecule has 4 nitrogen and oxygen atoms in total. The van der Waals surface area contributed by atoms with E-state index in [1.165, 1.54) is 11.8 Å². The number of pyridine rings is 1. The third-order valence-corrected chi connectivity index (χ3v) is 5.25. The molecule has 1 aliphatic heterocycles. The van der Waals surface area contributed by atoms with Crippen LogP contribution in [0.15, 0.2) is 64.6 Å². The second-order valence-corrected chi connectivity index (χ2v) is 7.35. The van der Waals surface area contributed by atoms with Crippen LogP contribution in [0.5, 0.6) is 0 Å². The van der Waals surface area contributed by atoms with Crippen molar-refractivity contribution in [2.24, 2.45) is 4.99 Å². The van der Waals surface area contributed by atoms with Gasteiger partial charge in [-0.3, -0.25) is 9.78 Å². The summed E-state index contributed by atoms with van der Waals surface area (Å²) in [6.07, 6.45) is 3.58. The number of nitrogens with zero attached hydrogens (tertiary/aromatic N) is 2. The van der Waals surface area contributed by atoms with Crippen LogP contribution in [0.25, 0.3) is 17.0 Å². The molecule has 1 amide bonds. The molecule has 0 bridgehead atoms. The van der Waals surface area contributed by atoms with Gasteiger partial charge >= 0.3 is 29.6 Å². The maximum absolute atomic E-state index is 12.3. The number of amidine groups is 1. The van der Waals surface area contributed by atoms with Crippen LogP contribution in [-0.4, -0.2) is 16.1 Å². The molecular weight excluding hydrogens is 412 g/mol. The van der Waals surface area contributed by atoms with Crippen LogP contribution in [-0.2, 0) is 4.79 Å². The number of aromatic nitrogens is 1. The molecule has 1 saturated heterocycles. The van der Waals surface area contributed by atoms with Gasteiger partial charge in [0.1, 0.15) is 5.69 Å². The Balaban J connectivity index is 0.00000140. The fourth-order valence-electron chi connectivity index (χ4n) is 2.51. The quantitative estimate of drug-likeness (QED) is 0.508. The number of halogens is 2. The Labute approximate surface area is 193 Å². The minimum absolute atomic E-state index is 0. The summed E-state index contributed by atoms with van der Waals surface area (Å²) in [6, 6.07) is 14.9. The van der Waals surface area contributed by atoms with Gasteiger partial charge in [0, 0.05) is 11.6 Å². The monoisotopic (exact) mass is 423 g/mol. The predicted molar refractivity (Wildman–Crippen MR) is 110 cm³/mol. The summed E-state index contributed by atoms with van der Waals surface area (Å²) in [5.41, 5.74) is 2.27. The summed E-state index contributed by atoms with van der Waals surface area (Å²) >= 11 is 13.5. The third-order valence-electron chi connectivity index (χ3n) is 3.73. The molecular formula is C19H12Cl2N3NaOS. The SMILES string of the molecule is O=C1NC(=Nc2c(Cl)cccc2Cl)S/C1=C\c1ccc2ncccc2c1.[H-].[Na+]. The smallest absolute Gasteiger partial charge is 1.00 e. The molecule has 27 heavy (non-hydrogen) atoms. The number of fused-ring (bicyclic) bond motifs is 1. The van der Waals surface area contributed by atoms with Gasteiger partial charge in [0.05, 0.1) is 20.5 Å². The molecule has 1 aliphatic rings. The van der Waals surface area contributed by atoms with Gasteiger partial charge in [-0.05, 0) is 53.7 Å². The van der Waals surface area contributed by atoms with Crippen molar-refractivity contribution in [1.82, 2.24) is 10.3 Å². The van der Waals surface area contributed by atoms with E-state index in [0.717, 1.165) is 16.5 Å². The summed E-state index contributed by atoms with van der Waals surface area (Å²) in [7, 11) is 0. The fraction of sp³-hybridized carbons (Fsp3) is 0. The standard InChI is InChI=1S/C19H11Cl2N3OS.Na.H/c20-13-4-1-5-14(21)17(13)23-19-24-18(25)16(26-19)10-11-6-7-15-12(9-11)3-2-8-22-15;;/h1-10H,(H,23,24,25);;/q;+1;-1/b16-10-;;. The van der Waals surface area contributed by atoms with E-state index >= 15 is 0 Å². The number of hydrogen-bond acceptors (Lipinski definition) is 4. The number of hydrogen-bond donors (Lipinski definition) is 1. The van der Waals surface area contributed by atoms with Gasteiger partial charge in [0.15, 0.2) is 5.17 Å². The summed E-state index contributed by atoms with van der Waals surface area (Å²) in [4.78, 5) is 21.5. The molecule has 0 aliphatic carbocycles. The van der Waals surface area contributed by atoms with Gasteiger partial charge in [-0.25, -0.2) is 4.99 Å². The average molecular weight is 424 g/mol. The molecule has 0 atom stereocenters. The first-order chi connectivity index (χ1) is 12.6. The van der Waals surface area contributed by atoms with Crippen molar-refractivity contribution in [1.29, 1.82) is 0 Å². The topological polar surface area (TPSA) is 54.4 Å². The molecule has 8 heteroatoms. The maximum Gasteiger partial charge on any atom is 1.00 e. The molecule has 1 aromatic heterocycles. The summed E-state index contributed by atoms with van der Waals surface area (Å²) in [6.45, 7) is 0. The number of carbonyl (C=O) groups excluding carboxylic acids is 1. The molecule has 2 aromatic carbocycles. The van der Waals surface area contributed by atoms with Crippen molar-refractivity contribution >= 4 is 68.7 Å². The van der Waals surface area contributed by atoms with Crippen LogP contribution in [0.4, 0.5) is 5.69 Å². The van der Waals surface area contributed by atoms with Gasteiger partial charge in [-0.1, -0.05) is 41.4 Å². The van der Waals surface area contributed by atoms with Gasteiger partial charge in [0.2, 0.25) is 0 Å². The Morgan fingerprint density at radius 3 is 2.67 bits per heavy atom. The van der Waals surface area contributed by atoms with E-state index in [1.54, 1.807) is 24.4 Å². The number of rotatable bonds is 2. The van der Waals surface area contributed by atoms with E-state index in [2.05, 4.69) is 15.3 Å². The second-order valence-electron chi connectivity index (χ2n) is 5.51. The predicted octanol–water partition coefficient (Wildman–Crippen LogP) is 2.55. The number of amides is 1. The number of thioether (sulfide) groups is 1.